The van der Waals surface area contributed by atoms with Crippen LogP contribution in [0.4, 0.5) is 17.1 Å². The van der Waals surface area contributed by atoms with Crippen LogP contribution >= 0.6 is 11.3 Å². The third kappa shape index (κ3) is 4.03. The molecule has 0 aliphatic heterocycles. The molecule has 0 saturated carbocycles. The summed E-state index contributed by atoms with van der Waals surface area (Å²) in [6.45, 7) is 0. The Bertz CT molecular complexity index is 3100. The molecular formula is C46H27NO2S. The number of fused-ring (bicyclic) bond motifs is 11. The second kappa shape index (κ2) is 10.6. The molecule has 0 saturated heterocycles. The van der Waals surface area contributed by atoms with Crippen LogP contribution in [0, 0.1) is 0 Å². The van der Waals surface area contributed by atoms with Crippen LogP contribution in [0.25, 0.3) is 85.9 Å². The summed E-state index contributed by atoms with van der Waals surface area (Å²) in [5, 5.41) is 9.54. The van der Waals surface area contributed by atoms with Gasteiger partial charge in [-0.2, -0.15) is 0 Å². The lowest BCUT2D eigenvalue weighted by atomic mass is 9.98. The van der Waals surface area contributed by atoms with E-state index in [0.29, 0.717) is 0 Å². The fourth-order valence-corrected chi connectivity index (χ4v) is 9.13. The van der Waals surface area contributed by atoms with Gasteiger partial charge in [-0.15, -0.1) is 11.3 Å². The first kappa shape index (κ1) is 27.6. The highest BCUT2D eigenvalue weighted by Crippen LogP contribution is 2.48. The van der Waals surface area contributed by atoms with Gasteiger partial charge in [0.2, 0.25) is 0 Å². The summed E-state index contributed by atoms with van der Waals surface area (Å²) in [5.41, 5.74) is 9.26. The Labute approximate surface area is 290 Å². The number of furan rings is 2. The second-order valence-corrected chi connectivity index (χ2v) is 13.9. The standard InChI is InChI=1S/C46H27NO2S/c1-2-11-32-28(9-1)10-7-14-33(32)29-19-21-30(22-20-29)47(31-23-24-35-34-12-3-5-17-40(34)49-43(35)27-31)39-16-8-15-36-37-25-26-42-44(46(37)50-45(36)39)38-13-4-6-18-41(38)48-42/h1-27H. The van der Waals surface area contributed by atoms with Crippen molar-refractivity contribution in [2.24, 2.45) is 0 Å². The molecule has 3 aromatic heterocycles. The van der Waals surface area contributed by atoms with Gasteiger partial charge in [-0.05, 0) is 76.5 Å². The third-order valence-electron chi connectivity index (χ3n) is 10.1. The van der Waals surface area contributed by atoms with Crippen molar-refractivity contribution in [3.05, 3.63) is 164 Å². The smallest absolute Gasteiger partial charge is 0.137 e. The van der Waals surface area contributed by atoms with E-state index in [2.05, 4.69) is 150 Å². The first-order valence-corrected chi connectivity index (χ1v) is 17.7. The molecule has 3 heterocycles. The zero-order chi connectivity index (χ0) is 32.8. The predicted molar refractivity (Wildman–Crippen MR) is 212 cm³/mol. The van der Waals surface area contributed by atoms with Crippen molar-refractivity contribution in [3.63, 3.8) is 0 Å². The van der Waals surface area contributed by atoms with Gasteiger partial charge in [-0.1, -0.05) is 103 Å². The average Bonchev–Trinajstić information content (AvgIpc) is 3.86. The van der Waals surface area contributed by atoms with Crippen LogP contribution in [-0.4, -0.2) is 0 Å². The fourth-order valence-electron chi connectivity index (χ4n) is 7.77. The molecule has 3 nitrogen and oxygen atoms in total. The number of hydrogen-bond acceptors (Lipinski definition) is 4. The fraction of sp³-hybridized carbons (Fsp3) is 0. The minimum atomic E-state index is 0.871. The minimum Gasteiger partial charge on any atom is -0.456 e. The molecule has 0 spiro atoms. The molecule has 0 aliphatic carbocycles. The Morgan fingerprint density at radius 2 is 1.02 bits per heavy atom. The monoisotopic (exact) mass is 657 g/mol. The summed E-state index contributed by atoms with van der Waals surface area (Å²) in [6, 6.07) is 58.3. The van der Waals surface area contributed by atoms with Crippen molar-refractivity contribution >= 4 is 103 Å². The molecule has 0 fully saturated rings. The highest BCUT2D eigenvalue weighted by Gasteiger charge is 2.21. The molecule has 0 aliphatic rings. The molecule has 0 atom stereocenters. The zero-order valence-corrected chi connectivity index (χ0v) is 27.6. The molecule has 0 bridgehead atoms. The molecule has 50 heavy (non-hydrogen) atoms. The van der Waals surface area contributed by atoms with E-state index < -0.39 is 0 Å². The zero-order valence-electron chi connectivity index (χ0n) is 26.8. The van der Waals surface area contributed by atoms with Gasteiger partial charge in [0.05, 0.1) is 10.4 Å². The SMILES string of the molecule is c1ccc2c(-c3ccc(N(c4ccc5c(c4)oc4ccccc45)c4cccc5c4sc4c5ccc5oc6ccccc6c54)cc3)cccc2c1. The van der Waals surface area contributed by atoms with E-state index in [4.69, 9.17) is 8.83 Å². The number of nitrogens with zero attached hydrogens (tertiary/aromatic N) is 1. The second-order valence-electron chi connectivity index (χ2n) is 12.9. The van der Waals surface area contributed by atoms with E-state index >= 15 is 0 Å². The largest absolute Gasteiger partial charge is 0.456 e. The van der Waals surface area contributed by atoms with Gasteiger partial charge < -0.3 is 13.7 Å². The lowest BCUT2D eigenvalue weighted by Gasteiger charge is -2.26. The molecule has 0 unspecified atom stereocenters. The first-order chi connectivity index (χ1) is 24.8. The van der Waals surface area contributed by atoms with Crippen LogP contribution < -0.4 is 4.90 Å². The first-order valence-electron chi connectivity index (χ1n) is 16.8. The number of rotatable bonds is 4. The van der Waals surface area contributed by atoms with E-state index in [1.807, 2.05) is 29.5 Å². The number of hydrogen-bond donors (Lipinski definition) is 0. The van der Waals surface area contributed by atoms with Gasteiger partial charge in [0, 0.05) is 54.5 Å². The summed E-state index contributed by atoms with van der Waals surface area (Å²) in [6.07, 6.45) is 0. The maximum atomic E-state index is 6.41. The summed E-state index contributed by atoms with van der Waals surface area (Å²) in [4.78, 5) is 2.38. The Kier molecular flexibility index (Phi) is 5.83. The predicted octanol–water partition coefficient (Wildman–Crippen LogP) is 14.1. The maximum Gasteiger partial charge on any atom is 0.137 e. The molecular weight excluding hydrogens is 631 g/mol. The van der Waals surface area contributed by atoms with Crippen LogP contribution in [0.1, 0.15) is 0 Å². The van der Waals surface area contributed by atoms with Crippen LogP contribution in [0.2, 0.25) is 0 Å². The molecule has 11 rings (SSSR count). The average molecular weight is 658 g/mol. The van der Waals surface area contributed by atoms with Gasteiger partial charge in [0.1, 0.15) is 22.3 Å². The van der Waals surface area contributed by atoms with Crippen LogP contribution in [0.5, 0.6) is 0 Å². The van der Waals surface area contributed by atoms with Gasteiger partial charge in [0.25, 0.3) is 0 Å². The van der Waals surface area contributed by atoms with Crippen LogP contribution in [0.15, 0.2) is 173 Å². The molecule has 8 aromatic carbocycles. The highest BCUT2D eigenvalue weighted by molar-refractivity contribution is 7.27. The van der Waals surface area contributed by atoms with E-state index in [-0.39, 0.29) is 0 Å². The Morgan fingerprint density at radius 1 is 0.400 bits per heavy atom. The summed E-state index contributed by atoms with van der Waals surface area (Å²) >= 11 is 1.84. The number of para-hydroxylation sites is 2. The topological polar surface area (TPSA) is 29.5 Å². The highest BCUT2D eigenvalue weighted by atomic mass is 32.1. The molecule has 0 radical (unpaired) electrons. The van der Waals surface area contributed by atoms with E-state index in [1.165, 1.54) is 47.5 Å². The van der Waals surface area contributed by atoms with Gasteiger partial charge in [-0.25, -0.2) is 0 Å². The van der Waals surface area contributed by atoms with Crippen molar-refractivity contribution in [3.8, 4) is 11.1 Å². The van der Waals surface area contributed by atoms with Crippen molar-refractivity contribution < 1.29 is 8.83 Å². The Balaban J connectivity index is 1.15. The number of thiophene rings is 1. The molecule has 0 N–H and O–H groups in total. The van der Waals surface area contributed by atoms with Gasteiger partial charge in [0.15, 0.2) is 0 Å². The summed E-state index contributed by atoms with van der Waals surface area (Å²) in [7, 11) is 0. The lowest BCUT2D eigenvalue weighted by molar-refractivity contribution is 0.668. The normalized spacial score (nSPS) is 12.0. The van der Waals surface area contributed by atoms with Crippen molar-refractivity contribution in [1.82, 2.24) is 0 Å². The third-order valence-corrected chi connectivity index (χ3v) is 11.3. The van der Waals surface area contributed by atoms with E-state index in [1.54, 1.807) is 0 Å². The lowest BCUT2D eigenvalue weighted by Crippen LogP contribution is -2.10. The van der Waals surface area contributed by atoms with Crippen molar-refractivity contribution in [2.45, 2.75) is 0 Å². The van der Waals surface area contributed by atoms with Crippen molar-refractivity contribution in [2.75, 3.05) is 4.90 Å². The van der Waals surface area contributed by atoms with Gasteiger partial charge in [-0.3, -0.25) is 0 Å². The summed E-state index contributed by atoms with van der Waals surface area (Å²) < 4.78 is 15.2. The van der Waals surface area contributed by atoms with E-state index in [9.17, 15) is 0 Å². The van der Waals surface area contributed by atoms with Gasteiger partial charge >= 0.3 is 0 Å². The summed E-state index contributed by atoms with van der Waals surface area (Å²) in [5.74, 6) is 0. The molecule has 11 aromatic rings. The maximum absolute atomic E-state index is 6.41. The number of anilines is 3. The van der Waals surface area contributed by atoms with Crippen molar-refractivity contribution in [1.29, 1.82) is 0 Å². The van der Waals surface area contributed by atoms with Crippen LogP contribution in [0.3, 0.4) is 0 Å². The minimum absolute atomic E-state index is 0.871. The number of benzene rings is 8. The molecule has 4 heteroatoms. The molecule has 0 amide bonds. The Morgan fingerprint density at radius 3 is 1.90 bits per heavy atom. The quantitative estimate of drug-likeness (QED) is 0.189. The van der Waals surface area contributed by atoms with E-state index in [0.717, 1.165) is 55.6 Å². The molecule has 234 valence electrons. The Hall–Kier alpha value is -6.36. The van der Waals surface area contributed by atoms with Crippen LogP contribution in [-0.2, 0) is 0 Å².